The van der Waals surface area contributed by atoms with E-state index in [1.807, 2.05) is 12.1 Å². The van der Waals surface area contributed by atoms with Crippen molar-refractivity contribution in [2.75, 3.05) is 0 Å². The van der Waals surface area contributed by atoms with Crippen molar-refractivity contribution in [1.29, 1.82) is 0 Å². The molecule has 2 aromatic rings. The third-order valence-electron chi connectivity index (χ3n) is 2.07. The number of hydrogen-bond donors (Lipinski definition) is 0. The molecular formula is C12H13O. The van der Waals surface area contributed by atoms with E-state index in [2.05, 4.69) is 26.0 Å². The molecule has 0 amide bonds. The Morgan fingerprint density at radius 3 is 2.85 bits per heavy atom. The molecule has 1 heteroatoms. The summed E-state index contributed by atoms with van der Waals surface area (Å²) in [7, 11) is 0. The molecule has 0 aliphatic carbocycles. The summed E-state index contributed by atoms with van der Waals surface area (Å²) in [6, 6.07) is 8.35. The van der Waals surface area contributed by atoms with Gasteiger partial charge in [-0.2, -0.15) is 0 Å². The Bertz CT molecular complexity index is 398. The van der Waals surface area contributed by atoms with Crippen LogP contribution in [0.15, 0.2) is 34.9 Å². The van der Waals surface area contributed by atoms with Crippen molar-refractivity contribution in [3.8, 4) is 0 Å². The smallest absolute Gasteiger partial charge is 0.133 e. The minimum Gasteiger partial charge on any atom is -0.464 e. The molecule has 0 spiro atoms. The van der Waals surface area contributed by atoms with E-state index in [-0.39, 0.29) is 0 Å². The second kappa shape index (κ2) is 3.25. The average Bonchev–Trinajstić information content (AvgIpc) is 2.49. The van der Waals surface area contributed by atoms with E-state index >= 15 is 0 Å². The van der Waals surface area contributed by atoms with Crippen molar-refractivity contribution in [2.45, 2.75) is 20.3 Å². The van der Waals surface area contributed by atoms with Crippen molar-refractivity contribution in [3.63, 3.8) is 0 Å². The number of rotatable bonds is 2. The van der Waals surface area contributed by atoms with Crippen LogP contribution < -0.4 is 0 Å². The number of hydrogen-bond acceptors (Lipinski definition) is 1. The molecule has 0 aliphatic heterocycles. The maximum absolute atomic E-state index is 5.27. The summed E-state index contributed by atoms with van der Waals surface area (Å²) in [4.78, 5) is 0. The molecule has 0 atom stereocenters. The molecule has 1 aromatic heterocycles. The molecule has 0 unspecified atom stereocenters. The number of benzene rings is 1. The third-order valence-corrected chi connectivity index (χ3v) is 2.07. The standard InChI is InChI=1S/C12H13O/c1-9(2)7-10-3-4-12-11(8-10)5-6-13-12/h3-6,8H,7H2,1-2H3. The van der Waals surface area contributed by atoms with Gasteiger partial charge in [-0.1, -0.05) is 19.9 Å². The van der Waals surface area contributed by atoms with Crippen LogP contribution >= 0.6 is 0 Å². The molecule has 1 nitrogen and oxygen atoms in total. The van der Waals surface area contributed by atoms with Gasteiger partial charge in [-0.25, -0.2) is 0 Å². The zero-order valence-electron chi connectivity index (χ0n) is 8.00. The summed E-state index contributed by atoms with van der Waals surface area (Å²) in [6.07, 6.45) is 2.79. The van der Waals surface area contributed by atoms with Crippen LogP contribution in [-0.4, -0.2) is 0 Å². The molecule has 1 heterocycles. The Balaban J connectivity index is 2.37. The lowest BCUT2D eigenvalue weighted by Gasteiger charge is -2.03. The van der Waals surface area contributed by atoms with Crippen molar-refractivity contribution in [3.05, 3.63) is 42.0 Å². The van der Waals surface area contributed by atoms with Crippen molar-refractivity contribution in [1.82, 2.24) is 0 Å². The molecule has 0 aliphatic rings. The number of furan rings is 1. The summed E-state index contributed by atoms with van der Waals surface area (Å²) < 4.78 is 5.27. The average molecular weight is 173 g/mol. The predicted molar refractivity (Wildman–Crippen MR) is 54.5 cm³/mol. The minimum absolute atomic E-state index is 0.970. The quantitative estimate of drug-likeness (QED) is 0.676. The van der Waals surface area contributed by atoms with Gasteiger partial charge < -0.3 is 4.42 Å². The number of fused-ring (bicyclic) bond motifs is 1. The Morgan fingerprint density at radius 2 is 2.08 bits per heavy atom. The normalized spacial score (nSPS) is 11.3. The third kappa shape index (κ3) is 1.74. The molecular weight excluding hydrogens is 160 g/mol. The van der Waals surface area contributed by atoms with E-state index in [4.69, 9.17) is 4.42 Å². The highest BCUT2D eigenvalue weighted by molar-refractivity contribution is 5.77. The fourth-order valence-electron chi connectivity index (χ4n) is 1.53. The molecule has 13 heavy (non-hydrogen) atoms. The van der Waals surface area contributed by atoms with Gasteiger partial charge in [0.2, 0.25) is 0 Å². The summed E-state index contributed by atoms with van der Waals surface area (Å²) in [5, 5.41) is 1.19. The fourth-order valence-corrected chi connectivity index (χ4v) is 1.53. The largest absolute Gasteiger partial charge is 0.464 e. The van der Waals surface area contributed by atoms with Gasteiger partial charge in [-0.3, -0.25) is 0 Å². The van der Waals surface area contributed by atoms with Crippen LogP contribution in [-0.2, 0) is 6.42 Å². The van der Waals surface area contributed by atoms with Crippen LogP contribution in [0.2, 0.25) is 0 Å². The lowest BCUT2D eigenvalue weighted by atomic mass is 10.0. The second-order valence-electron chi connectivity index (χ2n) is 3.68. The summed E-state index contributed by atoms with van der Waals surface area (Å²) >= 11 is 0. The zero-order chi connectivity index (χ0) is 9.26. The molecule has 1 aromatic carbocycles. The molecule has 0 N–H and O–H groups in total. The van der Waals surface area contributed by atoms with E-state index in [1.54, 1.807) is 6.26 Å². The Kier molecular flexibility index (Phi) is 2.09. The van der Waals surface area contributed by atoms with E-state index in [0.29, 0.717) is 0 Å². The molecule has 0 bridgehead atoms. The van der Waals surface area contributed by atoms with Crippen molar-refractivity contribution >= 4 is 11.0 Å². The lowest BCUT2D eigenvalue weighted by Crippen LogP contribution is -1.90. The first-order chi connectivity index (χ1) is 6.25. The molecule has 1 radical (unpaired) electrons. The van der Waals surface area contributed by atoms with Crippen molar-refractivity contribution in [2.24, 2.45) is 0 Å². The highest BCUT2D eigenvalue weighted by atomic mass is 16.3. The molecule has 2 rings (SSSR count). The predicted octanol–water partition coefficient (Wildman–Crippen LogP) is 3.59. The van der Waals surface area contributed by atoms with Crippen LogP contribution in [0, 0.1) is 5.92 Å². The molecule has 0 fully saturated rings. The van der Waals surface area contributed by atoms with Gasteiger partial charge in [-0.15, -0.1) is 0 Å². The van der Waals surface area contributed by atoms with Gasteiger partial charge in [0.05, 0.1) is 6.26 Å². The Hall–Kier alpha value is -1.24. The zero-order valence-corrected chi connectivity index (χ0v) is 8.00. The van der Waals surface area contributed by atoms with Crippen LogP contribution in [0.3, 0.4) is 0 Å². The second-order valence-corrected chi connectivity index (χ2v) is 3.68. The highest BCUT2D eigenvalue weighted by Gasteiger charge is 2.00. The summed E-state index contributed by atoms with van der Waals surface area (Å²) in [5.74, 6) is 1.43. The highest BCUT2D eigenvalue weighted by Crippen LogP contribution is 2.19. The first-order valence-electron chi connectivity index (χ1n) is 4.51. The summed E-state index contributed by atoms with van der Waals surface area (Å²) in [5.41, 5.74) is 2.33. The topological polar surface area (TPSA) is 13.1 Å². The first-order valence-corrected chi connectivity index (χ1v) is 4.51. The van der Waals surface area contributed by atoms with Crippen LogP contribution in [0.5, 0.6) is 0 Å². The van der Waals surface area contributed by atoms with E-state index in [0.717, 1.165) is 12.0 Å². The Morgan fingerprint density at radius 1 is 1.23 bits per heavy atom. The van der Waals surface area contributed by atoms with Gasteiger partial charge in [0, 0.05) is 5.39 Å². The minimum atomic E-state index is 0.970. The molecule has 0 saturated heterocycles. The first kappa shape index (κ1) is 8.36. The summed E-state index contributed by atoms with van der Waals surface area (Å²) in [6.45, 7) is 4.30. The van der Waals surface area contributed by atoms with Crippen LogP contribution in [0.4, 0.5) is 0 Å². The van der Waals surface area contributed by atoms with Gasteiger partial charge in [0.15, 0.2) is 0 Å². The molecule has 67 valence electrons. The Labute approximate surface area is 78.4 Å². The van der Waals surface area contributed by atoms with Gasteiger partial charge in [0.25, 0.3) is 0 Å². The van der Waals surface area contributed by atoms with Gasteiger partial charge in [-0.05, 0) is 36.1 Å². The van der Waals surface area contributed by atoms with Crippen LogP contribution in [0.1, 0.15) is 19.4 Å². The van der Waals surface area contributed by atoms with Crippen molar-refractivity contribution < 1.29 is 4.42 Å². The SMILES string of the molecule is C[C](C)Cc1ccc2occc2c1. The lowest BCUT2D eigenvalue weighted by molar-refractivity contribution is 0.616. The van der Waals surface area contributed by atoms with Gasteiger partial charge >= 0.3 is 0 Å². The maximum atomic E-state index is 5.27. The fraction of sp³-hybridized carbons (Fsp3) is 0.250. The van der Waals surface area contributed by atoms with Gasteiger partial charge in [0.1, 0.15) is 5.58 Å². The van der Waals surface area contributed by atoms with E-state index in [1.165, 1.54) is 16.9 Å². The maximum Gasteiger partial charge on any atom is 0.133 e. The molecule has 0 saturated carbocycles. The monoisotopic (exact) mass is 173 g/mol. The van der Waals surface area contributed by atoms with E-state index < -0.39 is 0 Å². The van der Waals surface area contributed by atoms with Crippen LogP contribution in [0.25, 0.3) is 11.0 Å². The van der Waals surface area contributed by atoms with E-state index in [9.17, 15) is 0 Å².